The summed E-state index contributed by atoms with van der Waals surface area (Å²) in [6, 6.07) is 10.8. The Morgan fingerprint density at radius 1 is 1.10 bits per heavy atom. The largest absolute Gasteiger partial charge is 0.424 e. The molecule has 104 valence electrons. The lowest BCUT2D eigenvalue weighted by atomic mass is 10.3. The number of aromatic nitrogens is 3. The molecule has 0 radical (unpaired) electrons. The lowest BCUT2D eigenvalue weighted by Gasteiger charge is -2.04. The molecule has 7 heteroatoms. The van der Waals surface area contributed by atoms with E-state index < -0.39 is 5.91 Å². The third-order valence-corrected chi connectivity index (χ3v) is 2.50. The normalized spacial score (nSPS) is 10.1. The highest BCUT2D eigenvalue weighted by atomic mass is 16.5. The standard InChI is InChI=1S/C14H10N4O3/c19-13(12-6-7-17-21-12)18-10-8-15-14(16-9-10)20-11-4-2-1-3-5-11/h1-9H,(H,18,19). The minimum absolute atomic E-state index is 0.111. The molecule has 3 aromatic rings. The molecule has 0 aliphatic rings. The molecule has 0 saturated heterocycles. The van der Waals surface area contributed by atoms with E-state index in [1.807, 2.05) is 18.2 Å². The van der Waals surface area contributed by atoms with Crippen molar-refractivity contribution in [2.45, 2.75) is 0 Å². The Hall–Kier alpha value is -3.22. The molecule has 2 heterocycles. The van der Waals surface area contributed by atoms with E-state index in [0.717, 1.165) is 0 Å². The summed E-state index contributed by atoms with van der Waals surface area (Å²) in [5.41, 5.74) is 0.428. The van der Waals surface area contributed by atoms with E-state index in [-0.39, 0.29) is 11.8 Å². The van der Waals surface area contributed by atoms with Gasteiger partial charge in [-0.3, -0.25) is 4.79 Å². The summed E-state index contributed by atoms with van der Waals surface area (Å²) < 4.78 is 10.2. The smallest absolute Gasteiger partial charge is 0.322 e. The molecular formula is C14H10N4O3. The quantitative estimate of drug-likeness (QED) is 0.790. The molecule has 0 fully saturated rings. The third-order valence-electron chi connectivity index (χ3n) is 2.50. The average Bonchev–Trinajstić information content (AvgIpc) is 3.05. The maximum absolute atomic E-state index is 11.7. The molecule has 7 nitrogen and oxygen atoms in total. The van der Waals surface area contributed by atoms with Crippen LogP contribution in [0.1, 0.15) is 10.6 Å². The molecule has 0 spiro atoms. The maximum atomic E-state index is 11.7. The van der Waals surface area contributed by atoms with Gasteiger partial charge < -0.3 is 14.6 Å². The van der Waals surface area contributed by atoms with Crippen molar-refractivity contribution >= 4 is 11.6 Å². The first-order valence-corrected chi connectivity index (χ1v) is 6.08. The third kappa shape index (κ3) is 3.21. The average molecular weight is 282 g/mol. The van der Waals surface area contributed by atoms with Gasteiger partial charge in [0.25, 0.3) is 5.91 Å². The summed E-state index contributed by atoms with van der Waals surface area (Å²) in [5, 5.41) is 6.04. The zero-order valence-corrected chi connectivity index (χ0v) is 10.8. The second-order valence-electron chi connectivity index (χ2n) is 4.00. The van der Waals surface area contributed by atoms with Crippen molar-refractivity contribution in [3.8, 4) is 11.8 Å². The second kappa shape index (κ2) is 5.83. The van der Waals surface area contributed by atoms with Crippen LogP contribution in [0.2, 0.25) is 0 Å². The van der Waals surface area contributed by atoms with Gasteiger partial charge >= 0.3 is 6.01 Å². The molecule has 1 amide bonds. The van der Waals surface area contributed by atoms with Gasteiger partial charge in [-0.25, -0.2) is 9.97 Å². The van der Waals surface area contributed by atoms with E-state index in [1.54, 1.807) is 12.1 Å². The Morgan fingerprint density at radius 2 is 1.86 bits per heavy atom. The van der Waals surface area contributed by atoms with Gasteiger partial charge in [-0.05, 0) is 12.1 Å². The van der Waals surface area contributed by atoms with Crippen molar-refractivity contribution in [2.24, 2.45) is 0 Å². The summed E-state index contributed by atoms with van der Waals surface area (Å²) >= 11 is 0. The highest BCUT2D eigenvalue weighted by molar-refractivity contribution is 6.01. The van der Waals surface area contributed by atoms with Crippen LogP contribution >= 0.6 is 0 Å². The number of carbonyl (C=O) groups is 1. The number of nitrogens with zero attached hydrogens (tertiary/aromatic N) is 3. The van der Waals surface area contributed by atoms with Gasteiger partial charge in [-0.15, -0.1) is 0 Å². The SMILES string of the molecule is O=C(Nc1cnc(Oc2ccccc2)nc1)c1ccno1. The second-order valence-corrected chi connectivity index (χ2v) is 4.00. The topological polar surface area (TPSA) is 90.1 Å². The highest BCUT2D eigenvalue weighted by Crippen LogP contribution is 2.17. The molecule has 0 aliphatic carbocycles. The number of amides is 1. The molecule has 3 rings (SSSR count). The zero-order valence-electron chi connectivity index (χ0n) is 10.8. The predicted molar refractivity (Wildman–Crippen MR) is 73.0 cm³/mol. The van der Waals surface area contributed by atoms with Crippen molar-refractivity contribution in [3.63, 3.8) is 0 Å². The highest BCUT2D eigenvalue weighted by Gasteiger charge is 2.10. The lowest BCUT2D eigenvalue weighted by Crippen LogP contribution is -2.11. The van der Waals surface area contributed by atoms with E-state index in [0.29, 0.717) is 11.4 Å². The van der Waals surface area contributed by atoms with Crippen LogP contribution in [0.15, 0.2) is 59.5 Å². The number of benzene rings is 1. The van der Waals surface area contributed by atoms with Crippen molar-refractivity contribution in [2.75, 3.05) is 5.32 Å². The monoisotopic (exact) mass is 282 g/mol. The van der Waals surface area contributed by atoms with Gasteiger partial charge in [0.05, 0.1) is 24.3 Å². The van der Waals surface area contributed by atoms with Crippen LogP contribution in [0.25, 0.3) is 0 Å². The Bertz CT molecular complexity index is 712. The fourth-order valence-electron chi connectivity index (χ4n) is 1.55. The first-order chi connectivity index (χ1) is 10.3. The summed E-state index contributed by atoms with van der Waals surface area (Å²) in [6.07, 6.45) is 4.28. The molecule has 0 aliphatic heterocycles. The summed E-state index contributed by atoms with van der Waals surface area (Å²) in [7, 11) is 0. The van der Waals surface area contributed by atoms with Crippen LogP contribution < -0.4 is 10.1 Å². The Balaban J connectivity index is 1.65. The number of anilines is 1. The fraction of sp³-hybridized carbons (Fsp3) is 0. The maximum Gasteiger partial charge on any atom is 0.322 e. The van der Waals surface area contributed by atoms with Gasteiger partial charge in [0.1, 0.15) is 5.75 Å². The first kappa shape index (κ1) is 12.8. The molecule has 0 bridgehead atoms. The lowest BCUT2D eigenvalue weighted by molar-refractivity contribution is 0.0988. The van der Waals surface area contributed by atoms with Gasteiger partial charge in [0.2, 0.25) is 5.76 Å². The molecule has 1 N–H and O–H groups in total. The van der Waals surface area contributed by atoms with Crippen molar-refractivity contribution < 1.29 is 14.1 Å². The van der Waals surface area contributed by atoms with Crippen molar-refractivity contribution in [3.05, 3.63) is 60.7 Å². The van der Waals surface area contributed by atoms with E-state index in [1.165, 1.54) is 24.7 Å². The Labute approximate surface area is 119 Å². The summed E-state index contributed by atoms with van der Waals surface area (Å²) in [6.45, 7) is 0. The number of hydrogen-bond donors (Lipinski definition) is 1. The molecule has 0 atom stereocenters. The number of para-hydroxylation sites is 1. The van der Waals surface area contributed by atoms with Gasteiger partial charge in [0, 0.05) is 6.07 Å². The van der Waals surface area contributed by atoms with Crippen LogP contribution in [0, 0.1) is 0 Å². The molecule has 1 aromatic carbocycles. The molecule has 0 saturated carbocycles. The van der Waals surface area contributed by atoms with E-state index in [4.69, 9.17) is 9.26 Å². The molecule has 0 unspecified atom stereocenters. The molecule has 21 heavy (non-hydrogen) atoms. The van der Waals surface area contributed by atoms with E-state index in [9.17, 15) is 4.79 Å². The van der Waals surface area contributed by atoms with Crippen LogP contribution in [0.4, 0.5) is 5.69 Å². The number of nitrogens with one attached hydrogen (secondary N) is 1. The minimum Gasteiger partial charge on any atom is -0.424 e. The minimum atomic E-state index is -0.423. The predicted octanol–water partition coefficient (Wildman–Crippen LogP) is 2.51. The zero-order chi connectivity index (χ0) is 14.5. The van der Waals surface area contributed by atoms with Crippen LogP contribution in [-0.4, -0.2) is 21.0 Å². The van der Waals surface area contributed by atoms with Crippen LogP contribution in [-0.2, 0) is 0 Å². The van der Waals surface area contributed by atoms with Crippen LogP contribution in [0.3, 0.4) is 0 Å². The van der Waals surface area contributed by atoms with Gasteiger partial charge in [-0.2, -0.15) is 0 Å². The van der Waals surface area contributed by atoms with Crippen molar-refractivity contribution in [1.29, 1.82) is 0 Å². The van der Waals surface area contributed by atoms with E-state index in [2.05, 4.69) is 20.4 Å². The van der Waals surface area contributed by atoms with Gasteiger partial charge in [-0.1, -0.05) is 23.4 Å². The Kier molecular flexibility index (Phi) is 3.55. The first-order valence-electron chi connectivity index (χ1n) is 6.08. The molecule has 2 aromatic heterocycles. The summed E-state index contributed by atoms with van der Waals surface area (Å²) in [4.78, 5) is 19.7. The summed E-state index contributed by atoms with van der Waals surface area (Å²) in [5.74, 6) is 0.323. The van der Waals surface area contributed by atoms with Gasteiger partial charge in [0.15, 0.2) is 0 Å². The number of rotatable bonds is 4. The number of carbonyl (C=O) groups excluding carboxylic acids is 1. The number of ether oxygens (including phenoxy) is 1. The van der Waals surface area contributed by atoms with E-state index >= 15 is 0 Å². The van der Waals surface area contributed by atoms with Crippen molar-refractivity contribution in [1.82, 2.24) is 15.1 Å². The molecular weight excluding hydrogens is 272 g/mol. The fourth-order valence-corrected chi connectivity index (χ4v) is 1.55. The van der Waals surface area contributed by atoms with Crippen LogP contribution in [0.5, 0.6) is 11.8 Å². The number of hydrogen-bond acceptors (Lipinski definition) is 6. The Morgan fingerprint density at radius 3 is 2.52 bits per heavy atom.